The normalized spacial score (nSPS) is 9.40. The highest BCUT2D eigenvalue weighted by Crippen LogP contribution is 2.21. The van der Waals surface area contributed by atoms with E-state index in [0.29, 0.717) is 0 Å². The van der Waals surface area contributed by atoms with Crippen molar-refractivity contribution in [3.05, 3.63) is 35.4 Å². The van der Waals surface area contributed by atoms with Crippen LogP contribution in [-0.2, 0) is 4.74 Å². The van der Waals surface area contributed by atoms with Gasteiger partial charge in [0.05, 0.1) is 12.7 Å². The van der Waals surface area contributed by atoms with Gasteiger partial charge in [-0.2, -0.15) is 13.2 Å². The lowest BCUT2D eigenvalue weighted by Gasteiger charge is -2.05. The molecule has 0 bridgehead atoms. The summed E-state index contributed by atoms with van der Waals surface area (Å²) in [5.74, 6) is -2.62. The van der Waals surface area contributed by atoms with Crippen LogP contribution in [0.15, 0.2) is 24.3 Å². The van der Waals surface area contributed by atoms with Gasteiger partial charge in [-0.1, -0.05) is 39.8 Å². The van der Waals surface area contributed by atoms with Crippen molar-refractivity contribution >= 4 is 11.8 Å². The fraction of sp³-hybridized carbons (Fsp3) is 0.429. The fourth-order valence-electron chi connectivity index (χ4n) is 1.04. The van der Waals surface area contributed by atoms with E-state index < -0.39 is 23.5 Å². The van der Waals surface area contributed by atoms with Crippen molar-refractivity contribution in [3.63, 3.8) is 0 Å². The number of alkyl halides is 3. The molecule has 0 unspecified atom stereocenters. The number of methoxy groups -OCH3 is 1. The monoisotopic (exact) mass is 292 g/mol. The van der Waals surface area contributed by atoms with Crippen molar-refractivity contribution in [1.29, 1.82) is 0 Å². The molecule has 0 saturated heterocycles. The molecule has 0 atom stereocenters. The Balaban J connectivity index is 0. The quantitative estimate of drug-likeness (QED) is 0.604. The van der Waals surface area contributed by atoms with E-state index in [2.05, 4.69) is 4.74 Å². The number of ketones is 1. The minimum Gasteiger partial charge on any atom is -0.465 e. The van der Waals surface area contributed by atoms with Gasteiger partial charge in [-0.25, -0.2) is 4.79 Å². The Morgan fingerprint density at radius 1 is 0.900 bits per heavy atom. The first kappa shape index (κ1) is 20.5. The first-order valence-corrected chi connectivity index (χ1v) is 6.16. The van der Waals surface area contributed by atoms with Crippen LogP contribution < -0.4 is 0 Å². The number of carbonyl (C=O) groups is 2. The molecule has 0 saturated carbocycles. The van der Waals surface area contributed by atoms with Crippen LogP contribution in [0.25, 0.3) is 0 Å². The second-order valence-electron chi connectivity index (χ2n) is 2.90. The SMILES string of the molecule is CC.CC.COC(=O)c1ccc(C(=O)C(F)(F)F)cc1. The predicted molar refractivity (Wildman–Crippen MR) is 70.9 cm³/mol. The third kappa shape index (κ3) is 6.36. The van der Waals surface area contributed by atoms with Crippen LogP contribution in [0.5, 0.6) is 0 Å². The maximum Gasteiger partial charge on any atom is 0.454 e. The van der Waals surface area contributed by atoms with E-state index in [1.807, 2.05) is 27.7 Å². The smallest absolute Gasteiger partial charge is 0.454 e. The van der Waals surface area contributed by atoms with E-state index in [-0.39, 0.29) is 5.56 Å². The summed E-state index contributed by atoms with van der Waals surface area (Å²) in [6.07, 6.45) is -4.91. The third-order valence-corrected chi connectivity index (χ3v) is 1.83. The van der Waals surface area contributed by atoms with E-state index in [4.69, 9.17) is 0 Å². The minimum absolute atomic E-state index is 0.0845. The number of ether oxygens (including phenoxy) is 1. The molecular formula is C14H19F3O3. The van der Waals surface area contributed by atoms with Crippen LogP contribution in [-0.4, -0.2) is 25.0 Å². The molecule has 0 N–H and O–H groups in total. The highest BCUT2D eigenvalue weighted by Gasteiger charge is 2.39. The van der Waals surface area contributed by atoms with Gasteiger partial charge in [-0.05, 0) is 12.1 Å². The average molecular weight is 292 g/mol. The van der Waals surface area contributed by atoms with Gasteiger partial charge in [-0.15, -0.1) is 0 Å². The van der Waals surface area contributed by atoms with E-state index in [9.17, 15) is 22.8 Å². The van der Waals surface area contributed by atoms with Crippen LogP contribution in [0.1, 0.15) is 48.4 Å². The van der Waals surface area contributed by atoms with Crippen LogP contribution in [0, 0.1) is 0 Å². The molecule has 1 rings (SSSR count). The molecule has 0 fully saturated rings. The second kappa shape index (κ2) is 10.00. The van der Waals surface area contributed by atoms with Crippen molar-refractivity contribution in [1.82, 2.24) is 0 Å². The number of halogens is 3. The highest BCUT2D eigenvalue weighted by molar-refractivity contribution is 6.01. The summed E-state index contributed by atoms with van der Waals surface area (Å²) in [7, 11) is 1.15. The topological polar surface area (TPSA) is 43.4 Å². The van der Waals surface area contributed by atoms with Gasteiger partial charge in [0.2, 0.25) is 0 Å². The average Bonchev–Trinajstić information content (AvgIpc) is 2.49. The maximum absolute atomic E-state index is 12.0. The molecule has 1 aromatic rings. The Morgan fingerprint density at radius 3 is 1.55 bits per heavy atom. The Bertz CT molecular complexity index is 409. The van der Waals surface area contributed by atoms with Crippen molar-refractivity contribution in [3.8, 4) is 0 Å². The number of Topliss-reactive ketones (excluding diaryl/α,β-unsaturated/α-hetero) is 1. The summed E-state index contributed by atoms with van der Waals surface area (Å²) in [6, 6.07) is 4.07. The predicted octanol–water partition coefficient (Wildman–Crippen LogP) is 4.27. The van der Waals surface area contributed by atoms with Gasteiger partial charge >= 0.3 is 12.1 Å². The summed E-state index contributed by atoms with van der Waals surface area (Å²) >= 11 is 0. The molecule has 1 aromatic carbocycles. The molecule has 114 valence electrons. The maximum atomic E-state index is 12.0. The zero-order chi connectivity index (χ0) is 16.3. The number of rotatable bonds is 2. The first-order valence-electron chi connectivity index (χ1n) is 6.16. The van der Waals surface area contributed by atoms with Crippen molar-refractivity contribution < 1.29 is 27.5 Å². The fourth-order valence-corrected chi connectivity index (χ4v) is 1.04. The highest BCUT2D eigenvalue weighted by atomic mass is 19.4. The van der Waals surface area contributed by atoms with Crippen molar-refractivity contribution in [2.75, 3.05) is 7.11 Å². The minimum atomic E-state index is -4.91. The van der Waals surface area contributed by atoms with Crippen LogP contribution in [0.4, 0.5) is 13.2 Å². The van der Waals surface area contributed by atoms with Gasteiger partial charge in [0, 0.05) is 5.56 Å². The van der Waals surface area contributed by atoms with Gasteiger partial charge in [0.25, 0.3) is 5.78 Å². The van der Waals surface area contributed by atoms with E-state index in [1.165, 1.54) is 0 Å². The summed E-state index contributed by atoms with van der Waals surface area (Å²) in [5.41, 5.74) is -0.429. The van der Waals surface area contributed by atoms with Crippen molar-refractivity contribution in [2.24, 2.45) is 0 Å². The Morgan fingerprint density at radius 2 is 1.25 bits per heavy atom. The zero-order valence-corrected chi connectivity index (χ0v) is 12.2. The molecule has 0 radical (unpaired) electrons. The molecule has 0 aliphatic heterocycles. The molecule has 0 heterocycles. The molecular weight excluding hydrogens is 273 g/mol. The Kier molecular flexibility index (Phi) is 10.2. The lowest BCUT2D eigenvalue weighted by Crippen LogP contribution is -2.22. The lowest BCUT2D eigenvalue weighted by molar-refractivity contribution is -0.0885. The number of carbonyl (C=O) groups excluding carboxylic acids is 2. The number of benzene rings is 1. The second-order valence-corrected chi connectivity index (χ2v) is 2.90. The van der Waals surface area contributed by atoms with Crippen LogP contribution in [0.3, 0.4) is 0 Å². The molecule has 0 aliphatic carbocycles. The largest absolute Gasteiger partial charge is 0.465 e. The van der Waals surface area contributed by atoms with E-state index in [1.54, 1.807) is 0 Å². The van der Waals surface area contributed by atoms with E-state index >= 15 is 0 Å². The summed E-state index contributed by atoms with van der Waals surface area (Å²) in [6.45, 7) is 8.00. The molecule has 0 amide bonds. The molecule has 0 aromatic heterocycles. The Labute approximate surface area is 116 Å². The standard InChI is InChI=1S/C10H7F3O3.2C2H6/c1-16-9(15)7-4-2-6(3-5-7)8(14)10(11,12)13;2*1-2/h2-5H,1H3;2*1-2H3. The number of esters is 1. The molecule has 3 nitrogen and oxygen atoms in total. The van der Waals surface area contributed by atoms with Gasteiger partial charge in [0.1, 0.15) is 0 Å². The van der Waals surface area contributed by atoms with Gasteiger partial charge in [0.15, 0.2) is 0 Å². The van der Waals surface area contributed by atoms with E-state index in [0.717, 1.165) is 31.4 Å². The lowest BCUT2D eigenvalue weighted by atomic mass is 10.1. The number of hydrogen-bond donors (Lipinski definition) is 0. The first-order chi connectivity index (χ1) is 9.36. The summed E-state index contributed by atoms with van der Waals surface area (Å²) < 4.78 is 40.4. The third-order valence-electron chi connectivity index (χ3n) is 1.83. The summed E-state index contributed by atoms with van der Waals surface area (Å²) in [4.78, 5) is 21.7. The molecule has 6 heteroatoms. The van der Waals surface area contributed by atoms with Gasteiger partial charge in [-0.3, -0.25) is 4.79 Å². The summed E-state index contributed by atoms with van der Waals surface area (Å²) in [5, 5.41) is 0. The van der Waals surface area contributed by atoms with Crippen LogP contribution in [0.2, 0.25) is 0 Å². The van der Waals surface area contributed by atoms with Crippen molar-refractivity contribution in [2.45, 2.75) is 33.9 Å². The van der Waals surface area contributed by atoms with Crippen LogP contribution >= 0.6 is 0 Å². The Hall–Kier alpha value is -1.85. The molecule has 0 aliphatic rings. The zero-order valence-electron chi connectivity index (χ0n) is 12.2. The van der Waals surface area contributed by atoms with Gasteiger partial charge < -0.3 is 4.74 Å². The molecule has 0 spiro atoms. The molecule has 20 heavy (non-hydrogen) atoms. The number of hydrogen-bond acceptors (Lipinski definition) is 3.